The normalized spacial score (nSPS) is 18.3. The van der Waals surface area contributed by atoms with Crippen LogP contribution in [0.15, 0.2) is 29.0 Å². The number of fused-ring (bicyclic) bond motifs is 1. The molecular formula is C33H46N8O5. The van der Waals surface area contributed by atoms with Gasteiger partial charge in [-0.2, -0.15) is 4.98 Å². The zero-order valence-corrected chi connectivity index (χ0v) is 27.3. The molecule has 3 N–H and O–H groups in total. The van der Waals surface area contributed by atoms with Crippen molar-refractivity contribution in [1.29, 1.82) is 0 Å². The summed E-state index contributed by atoms with van der Waals surface area (Å²) in [7, 11) is 0. The van der Waals surface area contributed by atoms with Crippen molar-refractivity contribution in [3.8, 4) is 5.75 Å². The molecule has 3 aliphatic rings. The van der Waals surface area contributed by atoms with E-state index in [1.807, 2.05) is 13.0 Å². The van der Waals surface area contributed by atoms with Gasteiger partial charge in [-0.3, -0.25) is 14.6 Å². The van der Waals surface area contributed by atoms with E-state index in [1.165, 1.54) is 17.5 Å². The number of carbonyl (C=O) groups is 1. The molecule has 0 saturated carbocycles. The molecule has 1 aromatic carbocycles. The van der Waals surface area contributed by atoms with Gasteiger partial charge in [0.25, 0.3) is 5.91 Å². The fourth-order valence-electron chi connectivity index (χ4n) is 6.19. The highest BCUT2D eigenvalue weighted by molar-refractivity contribution is 5.93. The maximum atomic E-state index is 13.3. The SMILES string of the molecule is Cc1ncoc1COc1ccc2c(c1C)CCN(C[C@@H](O)CNC(=O)c1cc(NC3COC3)nc(N3CCN(C(C)C)CC3)n1)C2. The fourth-order valence-corrected chi connectivity index (χ4v) is 6.19. The van der Waals surface area contributed by atoms with Gasteiger partial charge in [0.2, 0.25) is 5.95 Å². The van der Waals surface area contributed by atoms with E-state index in [2.05, 4.69) is 62.1 Å². The molecule has 2 aromatic heterocycles. The van der Waals surface area contributed by atoms with Crippen LogP contribution in [0.25, 0.3) is 0 Å². The first-order valence-electron chi connectivity index (χ1n) is 16.3. The summed E-state index contributed by atoms with van der Waals surface area (Å²) < 4.78 is 16.8. The van der Waals surface area contributed by atoms with Crippen LogP contribution in [-0.2, 0) is 24.3 Å². The summed E-state index contributed by atoms with van der Waals surface area (Å²) in [5.41, 5.74) is 4.76. The molecule has 1 amide bonds. The number of hydrogen-bond donors (Lipinski definition) is 3. The Labute approximate surface area is 270 Å². The van der Waals surface area contributed by atoms with Crippen molar-refractivity contribution in [3.63, 3.8) is 0 Å². The van der Waals surface area contributed by atoms with Gasteiger partial charge < -0.3 is 34.5 Å². The van der Waals surface area contributed by atoms with Crippen LogP contribution in [0.2, 0.25) is 0 Å². The van der Waals surface area contributed by atoms with Gasteiger partial charge in [-0.25, -0.2) is 9.97 Å². The van der Waals surface area contributed by atoms with Crippen molar-refractivity contribution < 1.29 is 23.8 Å². The van der Waals surface area contributed by atoms with Crippen LogP contribution < -0.4 is 20.3 Å². The van der Waals surface area contributed by atoms with Crippen molar-refractivity contribution in [2.75, 3.05) is 69.2 Å². The lowest BCUT2D eigenvalue weighted by Gasteiger charge is -2.37. The number of aryl methyl sites for hydroxylation is 1. The molecule has 6 rings (SSSR count). The second-order valence-corrected chi connectivity index (χ2v) is 12.8. The number of nitrogens with one attached hydrogen (secondary N) is 2. The molecule has 0 aliphatic carbocycles. The fraction of sp³-hybridized carbons (Fsp3) is 0.576. The minimum Gasteiger partial charge on any atom is -0.485 e. The number of aromatic nitrogens is 3. The highest BCUT2D eigenvalue weighted by Gasteiger charge is 2.26. The Morgan fingerprint density at radius 2 is 1.93 bits per heavy atom. The number of oxazole rings is 1. The number of nitrogens with zero attached hydrogens (tertiary/aromatic N) is 6. The van der Waals surface area contributed by atoms with E-state index in [4.69, 9.17) is 18.9 Å². The topological polar surface area (TPSA) is 141 Å². The van der Waals surface area contributed by atoms with Crippen LogP contribution in [0, 0.1) is 13.8 Å². The number of anilines is 2. The Balaban J connectivity index is 1.03. The number of rotatable bonds is 12. The van der Waals surface area contributed by atoms with Gasteiger partial charge in [0.1, 0.15) is 23.9 Å². The minimum absolute atomic E-state index is 0.126. The standard InChI is InChI=1S/C33H46N8O5/c1-21(2)40-9-11-41(12-10-40)33-37-28(13-31(38-33)36-25-17-44-18-25)32(43)34-14-26(42)16-39-8-7-27-22(3)29(6-5-24(27)15-39)45-19-30-23(4)35-20-46-30/h5-6,13,20-21,25-26,42H,7-12,14-19H2,1-4H3,(H,34,43)(H,36,37,38)/t26-/m0/s1. The van der Waals surface area contributed by atoms with Crippen LogP contribution >= 0.6 is 0 Å². The predicted molar refractivity (Wildman–Crippen MR) is 173 cm³/mol. The summed E-state index contributed by atoms with van der Waals surface area (Å²) in [4.78, 5) is 33.6. The lowest BCUT2D eigenvalue weighted by Crippen LogP contribution is -2.49. The predicted octanol–water partition coefficient (Wildman–Crippen LogP) is 2.15. The second kappa shape index (κ2) is 14.3. The molecule has 2 saturated heterocycles. The lowest BCUT2D eigenvalue weighted by molar-refractivity contribution is 0.0209. The van der Waals surface area contributed by atoms with E-state index in [0.717, 1.165) is 68.5 Å². The monoisotopic (exact) mass is 634 g/mol. The highest BCUT2D eigenvalue weighted by Crippen LogP contribution is 2.30. The number of amides is 1. The molecule has 0 radical (unpaired) electrons. The maximum Gasteiger partial charge on any atom is 0.270 e. The molecule has 0 bridgehead atoms. The van der Waals surface area contributed by atoms with Gasteiger partial charge >= 0.3 is 0 Å². The van der Waals surface area contributed by atoms with Gasteiger partial charge in [-0.15, -0.1) is 0 Å². The second-order valence-electron chi connectivity index (χ2n) is 12.8. The molecule has 5 heterocycles. The molecular weight excluding hydrogens is 588 g/mol. The number of ether oxygens (including phenoxy) is 2. The number of β-amino-alcohol motifs (C(OH)–C–C–N with tert-alkyl or cyclic N) is 1. The minimum atomic E-state index is -0.727. The molecule has 13 nitrogen and oxygen atoms in total. The summed E-state index contributed by atoms with van der Waals surface area (Å²) in [5, 5.41) is 17.2. The first-order chi connectivity index (χ1) is 22.2. The van der Waals surface area contributed by atoms with Gasteiger partial charge in [0.05, 0.1) is 31.1 Å². The number of aliphatic hydroxyl groups is 1. The Bertz CT molecular complexity index is 1500. The van der Waals surface area contributed by atoms with Crippen LogP contribution in [-0.4, -0.2) is 113 Å². The molecule has 0 unspecified atom stereocenters. The van der Waals surface area contributed by atoms with Crippen LogP contribution in [0.5, 0.6) is 5.75 Å². The van der Waals surface area contributed by atoms with Crippen molar-refractivity contribution in [3.05, 3.63) is 58.4 Å². The molecule has 13 heteroatoms. The molecule has 3 aliphatic heterocycles. The van der Waals surface area contributed by atoms with E-state index >= 15 is 0 Å². The number of piperazine rings is 1. The van der Waals surface area contributed by atoms with Crippen LogP contribution in [0.1, 0.15) is 52.5 Å². The lowest BCUT2D eigenvalue weighted by atomic mass is 9.94. The number of carbonyl (C=O) groups excluding carboxylic acids is 1. The zero-order valence-electron chi connectivity index (χ0n) is 27.3. The maximum absolute atomic E-state index is 13.3. The number of benzene rings is 1. The Hall–Kier alpha value is -3.78. The molecule has 248 valence electrons. The largest absolute Gasteiger partial charge is 0.485 e. The van der Waals surface area contributed by atoms with Gasteiger partial charge in [0, 0.05) is 64.5 Å². The van der Waals surface area contributed by atoms with Crippen LogP contribution in [0.4, 0.5) is 11.8 Å². The Morgan fingerprint density at radius 3 is 2.63 bits per heavy atom. The summed E-state index contributed by atoms with van der Waals surface area (Å²) in [6.45, 7) is 15.5. The summed E-state index contributed by atoms with van der Waals surface area (Å²) in [6, 6.07) is 6.44. The van der Waals surface area contributed by atoms with E-state index in [1.54, 1.807) is 6.07 Å². The Morgan fingerprint density at radius 1 is 1.13 bits per heavy atom. The first kappa shape index (κ1) is 32.2. The smallest absolute Gasteiger partial charge is 0.270 e. The average molecular weight is 635 g/mol. The molecule has 0 spiro atoms. The molecule has 1 atom stereocenters. The van der Waals surface area contributed by atoms with E-state index in [-0.39, 0.29) is 24.2 Å². The third-order valence-corrected chi connectivity index (χ3v) is 9.15. The third-order valence-electron chi connectivity index (χ3n) is 9.15. The van der Waals surface area contributed by atoms with Gasteiger partial charge in [-0.05, 0) is 56.9 Å². The number of aliphatic hydroxyl groups excluding tert-OH is 1. The van der Waals surface area contributed by atoms with Crippen molar-refractivity contribution in [1.82, 2.24) is 30.1 Å². The first-order valence-corrected chi connectivity index (χ1v) is 16.3. The number of hydrogen-bond acceptors (Lipinski definition) is 12. The average Bonchev–Trinajstić information content (AvgIpc) is 3.45. The van der Waals surface area contributed by atoms with Crippen molar-refractivity contribution >= 4 is 17.7 Å². The van der Waals surface area contributed by atoms with Crippen molar-refractivity contribution in [2.24, 2.45) is 0 Å². The highest BCUT2D eigenvalue weighted by atomic mass is 16.5. The Kier molecular flexibility index (Phi) is 10.0. The van der Waals surface area contributed by atoms with Gasteiger partial charge in [-0.1, -0.05) is 6.07 Å². The molecule has 3 aromatic rings. The quantitative estimate of drug-likeness (QED) is 0.269. The molecule has 2 fully saturated rings. The summed E-state index contributed by atoms with van der Waals surface area (Å²) in [6.07, 6.45) is 1.57. The zero-order chi connectivity index (χ0) is 32.2. The van der Waals surface area contributed by atoms with Crippen LogP contribution in [0.3, 0.4) is 0 Å². The summed E-state index contributed by atoms with van der Waals surface area (Å²) in [5.74, 6) is 2.40. The van der Waals surface area contributed by atoms with E-state index in [9.17, 15) is 9.90 Å². The van der Waals surface area contributed by atoms with E-state index in [0.29, 0.717) is 44.2 Å². The molecule has 46 heavy (non-hydrogen) atoms. The summed E-state index contributed by atoms with van der Waals surface area (Å²) >= 11 is 0. The van der Waals surface area contributed by atoms with Crippen molar-refractivity contribution in [2.45, 2.75) is 65.5 Å². The third kappa shape index (κ3) is 7.60. The van der Waals surface area contributed by atoms with Gasteiger partial charge in [0.15, 0.2) is 12.2 Å². The van der Waals surface area contributed by atoms with E-state index < -0.39 is 6.10 Å².